The van der Waals surface area contributed by atoms with Gasteiger partial charge in [0.2, 0.25) is 0 Å². The second-order valence-electron chi connectivity index (χ2n) is 7.50. The monoisotopic (exact) mass is 402 g/mol. The maximum absolute atomic E-state index is 12.5. The normalized spacial score (nSPS) is 24.6. The quantitative estimate of drug-likeness (QED) is 0.654. The predicted molar refractivity (Wildman–Crippen MR) is 105 cm³/mol. The van der Waals surface area contributed by atoms with E-state index >= 15 is 0 Å². The zero-order valence-corrected chi connectivity index (χ0v) is 16.2. The van der Waals surface area contributed by atoms with Crippen molar-refractivity contribution in [1.29, 1.82) is 0 Å². The van der Waals surface area contributed by atoms with Crippen LogP contribution < -0.4 is 10.1 Å². The molecule has 0 spiro atoms. The number of rotatable bonds is 4. The molecule has 4 heterocycles. The Bertz CT molecular complexity index is 782. The first kappa shape index (κ1) is 20.9. The van der Waals surface area contributed by atoms with Crippen molar-refractivity contribution in [2.24, 2.45) is 5.92 Å². The van der Waals surface area contributed by atoms with Gasteiger partial charge in [-0.3, -0.25) is 4.79 Å². The third-order valence-electron chi connectivity index (χ3n) is 5.51. The summed E-state index contributed by atoms with van der Waals surface area (Å²) in [7, 11) is 0. The van der Waals surface area contributed by atoms with Crippen molar-refractivity contribution in [3.05, 3.63) is 41.5 Å². The Morgan fingerprint density at radius 2 is 1.79 bits per heavy atom. The molecule has 3 N–H and O–H groups in total. The van der Waals surface area contributed by atoms with E-state index in [9.17, 15) is 14.4 Å². The van der Waals surface area contributed by atoms with Crippen LogP contribution in [0.3, 0.4) is 0 Å². The summed E-state index contributed by atoms with van der Waals surface area (Å²) in [6, 6.07) is 6.17. The summed E-state index contributed by atoms with van der Waals surface area (Å²) >= 11 is 0. The Balaban J connectivity index is 0.000000258. The van der Waals surface area contributed by atoms with Gasteiger partial charge in [0.1, 0.15) is 5.75 Å². The Morgan fingerprint density at radius 1 is 1.10 bits per heavy atom. The van der Waals surface area contributed by atoms with Gasteiger partial charge in [-0.25, -0.2) is 9.59 Å². The second-order valence-corrected chi connectivity index (χ2v) is 7.50. The van der Waals surface area contributed by atoms with Crippen molar-refractivity contribution >= 4 is 17.8 Å². The number of amides is 1. The van der Waals surface area contributed by atoms with Crippen molar-refractivity contribution in [2.75, 3.05) is 26.2 Å². The number of ether oxygens (including phenoxy) is 1. The zero-order chi connectivity index (χ0) is 20.8. The number of nitrogens with zero attached hydrogens (tertiary/aromatic N) is 1. The molecule has 4 aliphatic heterocycles. The standard InChI is InChI=1S/C17H22N2O2.C4H4O4/c20-17(18-15-11-19-7-5-12(15)6-8-19)14-3-4-16-13(10-14)2-1-9-21-16;5-3(6)1-2-4(7)8/h3-4,10,12,15H,1-2,5-9,11H2,(H,18,20);1-2H,(H,5,6)(H,7,8)/b;2-1+/t15-;/m0./s1. The number of hydrogen-bond acceptors (Lipinski definition) is 5. The molecular formula is C21H26N2O6. The summed E-state index contributed by atoms with van der Waals surface area (Å²) in [5.74, 6) is -0.831. The third-order valence-corrected chi connectivity index (χ3v) is 5.51. The number of benzene rings is 1. The molecule has 2 bridgehead atoms. The van der Waals surface area contributed by atoms with Crippen LogP contribution in [0.5, 0.6) is 5.75 Å². The fourth-order valence-electron chi connectivity index (χ4n) is 4.02. The maximum Gasteiger partial charge on any atom is 0.328 e. The molecule has 4 aliphatic rings. The smallest absolute Gasteiger partial charge is 0.328 e. The Morgan fingerprint density at radius 3 is 2.38 bits per heavy atom. The maximum atomic E-state index is 12.5. The highest BCUT2D eigenvalue weighted by Crippen LogP contribution is 2.28. The van der Waals surface area contributed by atoms with Crippen LogP contribution in [0.4, 0.5) is 0 Å². The molecule has 1 atom stereocenters. The van der Waals surface area contributed by atoms with E-state index in [1.807, 2.05) is 18.2 Å². The minimum atomic E-state index is -1.26. The van der Waals surface area contributed by atoms with Gasteiger partial charge in [-0.05, 0) is 68.5 Å². The van der Waals surface area contributed by atoms with Gasteiger partial charge in [0.25, 0.3) is 5.91 Å². The molecule has 3 fully saturated rings. The SMILES string of the molecule is O=C(N[C@H]1CN2CCC1CC2)c1ccc2c(c1)CCCO2.O=C(O)/C=C/C(=O)O. The molecule has 0 aromatic heterocycles. The Kier molecular flexibility index (Phi) is 6.87. The lowest BCUT2D eigenvalue weighted by atomic mass is 9.84. The molecule has 0 radical (unpaired) electrons. The Hall–Kier alpha value is -2.87. The van der Waals surface area contributed by atoms with Crippen molar-refractivity contribution in [1.82, 2.24) is 10.2 Å². The minimum Gasteiger partial charge on any atom is -0.493 e. The molecular weight excluding hydrogens is 376 g/mol. The van der Waals surface area contributed by atoms with Gasteiger partial charge in [-0.15, -0.1) is 0 Å². The van der Waals surface area contributed by atoms with Crippen molar-refractivity contribution in [2.45, 2.75) is 31.7 Å². The summed E-state index contributed by atoms with van der Waals surface area (Å²) in [5.41, 5.74) is 1.94. The highest BCUT2D eigenvalue weighted by Gasteiger charge is 2.35. The van der Waals surface area contributed by atoms with Crippen LogP contribution in [-0.2, 0) is 16.0 Å². The number of carboxylic acids is 2. The highest BCUT2D eigenvalue weighted by atomic mass is 16.5. The van der Waals surface area contributed by atoms with Crippen LogP contribution >= 0.6 is 0 Å². The van der Waals surface area contributed by atoms with Gasteiger partial charge >= 0.3 is 11.9 Å². The largest absolute Gasteiger partial charge is 0.493 e. The minimum absolute atomic E-state index is 0.0714. The molecule has 0 saturated carbocycles. The van der Waals surface area contributed by atoms with Crippen LogP contribution in [0.2, 0.25) is 0 Å². The highest BCUT2D eigenvalue weighted by molar-refractivity contribution is 5.95. The van der Waals surface area contributed by atoms with Gasteiger partial charge in [-0.1, -0.05) is 0 Å². The lowest BCUT2D eigenvalue weighted by Gasteiger charge is -2.44. The van der Waals surface area contributed by atoms with Crippen molar-refractivity contribution in [3.63, 3.8) is 0 Å². The first-order chi connectivity index (χ1) is 13.9. The number of carbonyl (C=O) groups is 3. The topological polar surface area (TPSA) is 116 Å². The van der Waals surface area contributed by atoms with Crippen LogP contribution in [0.15, 0.2) is 30.4 Å². The van der Waals surface area contributed by atoms with Gasteiger partial charge in [0, 0.05) is 30.3 Å². The molecule has 156 valence electrons. The van der Waals surface area contributed by atoms with E-state index in [-0.39, 0.29) is 5.91 Å². The van der Waals surface area contributed by atoms with Crippen molar-refractivity contribution in [3.8, 4) is 5.75 Å². The summed E-state index contributed by atoms with van der Waals surface area (Å²) in [4.78, 5) is 34.1. The molecule has 1 aromatic rings. The summed E-state index contributed by atoms with van der Waals surface area (Å²) < 4.78 is 5.61. The third kappa shape index (κ3) is 5.80. The van der Waals surface area contributed by atoms with E-state index in [1.165, 1.54) is 31.5 Å². The molecule has 1 aromatic carbocycles. The van der Waals surface area contributed by atoms with E-state index in [4.69, 9.17) is 14.9 Å². The molecule has 0 aliphatic carbocycles. The molecule has 29 heavy (non-hydrogen) atoms. The fraction of sp³-hybridized carbons (Fsp3) is 0.476. The van der Waals surface area contributed by atoms with E-state index in [0.29, 0.717) is 24.1 Å². The molecule has 8 heteroatoms. The van der Waals surface area contributed by atoms with E-state index in [1.54, 1.807) is 0 Å². The fourth-order valence-corrected chi connectivity index (χ4v) is 4.02. The number of carboxylic acid groups (broad SMARTS) is 2. The summed E-state index contributed by atoms with van der Waals surface area (Å²) in [6.07, 6.45) is 5.62. The first-order valence-corrected chi connectivity index (χ1v) is 9.85. The number of aliphatic carboxylic acids is 2. The van der Waals surface area contributed by atoms with E-state index in [0.717, 1.165) is 37.3 Å². The number of fused-ring (bicyclic) bond motifs is 4. The Labute approximate surface area is 169 Å². The van der Waals surface area contributed by atoms with E-state index < -0.39 is 11.9 Å². The first-order valence-electron chi connectivity index (χ1n) is 9.85. The average molecular weight is 402 g/mol. The van der Waals surface area contributed by atoms with Gasteiger partial charge < -0.3 is 25.2 Å². The molecule has 3 saturated heterocycles. The number of aryl methyl sites for hydroxylation is 1. The number of hydrogen-bond donors (Lipinski definition) is 3. The van der Waals surface area contributed by atoms with Crippen LogP contribution in [0, 0.1) is 5.92 Å². The second kappa shape index (κ2) is 9.56. The summed E-state index contributed by atoms with van der Waals surface area (Å²) in [5, 5.41) is 18.9. The average Bonchev–Trinajstić information content (AvgIpc) is 2.73. The van der Waals surface area contributed by atoms with Gasteiger partial charge in [-0.2, -0.15) is 0 Å². The lowest BCUT2D eigenvalue weighted by Crippen LogP contribution is -2.57. The molecule has 8 nitrogen and oxygen atoms in total. The number of nitrogens with one attached hydrogen (secondary N) is 1. The van der Waals surface area contributed by atoms with Gasteiger partial charge in [0.15, 0.2) is 0 Å². The zero-order valence-electron chi connectivity index (χ0n) is 16.2. The molecule has 5 rings (SSSR count). The number of carbonyl (C=O) groups excluding carboxylic acids is 1. The summed E-state index contributed by atoms with van der Waals surface area (Å²) in [6.45, 7) is 4.21. The van der Waals surface area contributed by atoms with Crippen LogP contribution in [-0.4, -0.2) is 65.2 Å². The molecule has 1 amide bonds. The number of piperidine rings is 3. The van der Waals surface area contributed by atoms with Crippen LogP contribution in [0.1, 0.15) is 35.2 Å². The van der Waals surface area contributed by atoms with Crippen molar-refractivity contribution < 1.29 is 29.3 Å². The molecule has 0 unspecified atom stereocenters. The predicted octanol–water partition coefficient (Wildman–Crippen LogP) is 1.55. The lowest BCUT2D eigenvalue weighted by molar-refractivity contribution is -0.134. The van der Waals surface area contributed by atoms with Crippen LogP contribution in [0.25, 0.3) is 0 Å². The van der Waals surface area contributed by atoms with Gasteiger partial charge in [0.05, 0.1) is 6.61 Å². The van der Waals surface area contributed by atoms with E-state index in [2.05, 4.69) is 10.2 Å².